The third-order valence-corrected chi connectivity index (χ3v) is 6.56. The van der Waals surface area contributed by atoms with E-state index in [-0.39, 0.29) is 0 Å². The molecule has 0 N–H and O–H groups in total. The van der Waals surface area contributed by atoms with Gasteiger partial charge in [0.1, 0.15) is 0 Å². The van der Waals surface area contributed by atoms with E-state index < -0.39 is 0 Å². The van der Waals surface area contributed by atoms with Crippen LogP contribution in [0.1, 0.15) is 59.2 Å². The van der Waals surface area contributed by atoms with Crippen molar-refractivity contribution in [1.29, 1.82) is 0 Å². The summed E-state index contributed by atoms with van der Waals surface area (Å²) in [5, 5.41) is 0. The lowest BCUT2D eigenvalue weighted by Gasteiger charge is -2.51. The normalized spacial score (nSPS) is 54.1. The minimum Gasteiger partial charge on any atom is -0.0879 e. The van der Waals surface area contributed by atoms with Crippen LogP contribution >= 0.6 is 0 Å². The molecule has 94 valence electrons. The molecule has 0 bridgehead atoms. The molecule has 0 aliphatic heterocycles. The van der Waals surface area contributed by atoms with Crippen LogP contribution in [0.4, 0.5) is 0 Å². The number of allylic oxidation sites excluding steroid dienone is 2. The summed E-state index contributed by atoms with van der Waals surface area (Å²) in [6, 6.07) is 0.955. The molecular weight excluding hydrogens is 204 g/mol. The molecular formula is C17H26. The molecule has 4 aliphatic rings. The highest BCUT2D eigenvalue weighted by Crippen LogP contribution is 2.56. The van der Waals surface area contributed by atoms with Crippen molar-refractivity contribution in [2.24, 2.45) is 35.5 Å². The largest absolute Gasteiger partial charge is 0.0879 e. The van der Waals surface area contributed by atoms with Gasteiger partial charge in [-0.05, 0) is 74.0 Å². The molecule has 17 heavy (non-hydrogen) atoms. The van der Waals surface area contributed by atoms with Gasteiger partial charge >= 0.3 is 0 Å². The van der Waals surface area contributed by atoms with Gasteiger partial charge in [-0.15, -0.1) is 0 Å². The van der Waals surface area contributed by atoms with E-state index in [0.717, 1.165) is 48.0 Å². The molecule has 0 amide bonds. The van der Waals surface area contributed by atoms with E-state index in [1.165, 1.54) is 51.4 Å². The Kier molecular flexibility index (Phi) is 2.35. The highest BCUT2D eigenvalue weighted by Gasteiger charge is 2.47. The van der Waals surface area contributed by atoms with Crippen LogP contribution in [-0.2, 0) is 0 Å². The van der Waals surface area contributed by atoms with E-state index in [1.807, 2.05) is 0 Å². The van der Waals surface area contributed by atoms with Gasteiger partial charge in [-0.25, -0.2) is 0 Å². The second-order valence-electron chi connectivity index (χ2n) is 7.09. The number of hydrogen-bond acceptors (Lipinski definition) is 0. The van der Waals surface area contributed by atoms with Gasteiger partial charge in [0.05, 0.1) is 1.37 Å². The van der Waals surface area contributed by atoms with Crippen molar-refractivity contribution in [2.75, 3.05) is 0 Å². The van der Waals surface area contributed by atoms with Crippen LogP contribution in [0.5, 0.6) is 0 Å². The first kappa shape index (κ1) is 9.64. The van der Waals surface area contributed by atoms with E-state index in [4.69, 9.17) is 1.37 Å². The van der Waals surface area contributed by atoms with E-state index in [0.29, 0.717) is 0 Å². The van der Waals surface area contributed by atoms with Crippen LogP contribution in [0.2, 0.25) is 0 Å². The summed E-state index contributed by atoms with van der Waals surface area (Å²) in [7, 11) is 0. The maximum atomic E-state index is 7.98. The van der Waals surface area contributed by atoms with Crippen molar-refractivity contribution in [2.45, 2.75) is 57.8 Å². The summed E-state index contributed by atoms with van der Waals surface area (Å²) in [6.45, 7) is 0. The summed E-state index contributed by atoms with van der Waals surface area (Å²) in [4.78, 5) is 0. The van der Waals surface area contributed by atoms with E-state index in [1.54, 1.807) is 0 Å². The van der Waals surface area contributed by atoms with Gasteiger partial charge in [0.15, 0.2) is 0 Å². The fourth-order valence-electron chi connectivity index (χ4n) is 5.84. The Balaban J connectivity index is 1.56. The Morgan fingerprint density at radius 3 is 2.59 bits per heavy atom. The van der Waals surface area contributed by atoms with Crippen molar-refractivity contribution in [3.63, 3.8) is 0 Å². The highest BCUT2D eigenvalue weighted by atomic mass is 14.5. The maximum Gasteiger partial charge on any atom is 0.0573 e. The lowest BCUT2D eigenvalue weighted by atomic mass is 9.54. The first-order valence-corrected chi connectivity index (χ1v) is 8.00. The zero-order valence-corrected chi connectivity index (χ0v) is 10.9. The Morgan fingerprint density at radius 1 is 0.765 bits per heavy atom. The third-order valence-electron chi connectivity index (χ3n) is 6.56. The van der Waals surface area contributed by atoms with E-state index in [9.17, 15) is 0 Å². The maximum absolute atomic E-state index is 7.98. The van der Waals surface area contributed by atoms with Crippen LogP contribution < -0.4 is 0 Å². The number of hydrogen-bond donors (Lipinski definition) is 0. The lowest BCUT2D eigenvalue weighted by Crippen LogP contribution is -2.43. The number of rotatable bonds is 0. The highest BCUT2D eigenvalue weighted by molar-refractivity contribution is 5.08. The first-order chi connectivity index (χ1) is 8.83. The van der Waals surface area contributed by atoms with Gasteiger partial charge in [0.2, 0.25) is 0 Å². The molecule has 6 atom stereocenters. The average molecular weight is 231 g/mol. The molecule has 4 rings (SSSR count). The van der Waals surface area contributed by atoms with Crippen LogP contribution in [0.15, 0.2) is 12.1 Å². The topological polar surface area (TPSA) is 0 Å². The van der Waals surface area contributed by atoms with Crippen molar-refractivity contribution < 1.29 is 1.37 Å². The van der Waals surface area contributed by atoms with Crippen molar-refractivity contribution >= 4 is 0 Å². The summed E-state index contributed by atoms with van der Waals surface area (Å²) < 4.78 is 7.98. The van der Waals surface area contributed by atoms with Gasteiger partial charge in [-0.2, -0.15) is 0 Å². The minimum atomic E-state index is 0.791. The van der Waals surface area contributed by atoms with Crippen LogP contribution in [0.25, 0.3) is 0 Å². The Hall–Kier alpha value is -0.260. The Labute approximate surface area is 107 Å². The van der Waals surface area contributed by atoms with Crippen molar-refractivity contribution in [3.05, 3.63) is 12.1 Å². The van der Waals surface area contributed by atoms with E-state index >= 15 is 0 Å². The van der Waals surface area contributed by atoms with Gasteiger partial charge in [-0.3, -0.25) is 0 Å². The first-order valence-electron chi connectivity index (χ1n) is 8.50. The molecule has 0 heterocycles. The predicted molar refractivity (Wildman–Crippen MR) is 71.6 cm³/mol. The van der Waals surface area contributed by atoms with Gasteiger partial charge < -0.3 is 0 Å². The molecule has 0 heteroatoms. The van der Waals surface area contributed by atoms with Crippen LogP contribution in [0.3, 0.4) is 0 Å². The SMILES string of the molecule is [2H]C1=C[C@H]2CC[C@H]3[C@@H](CCC4CCCC[C@@H]43)[C@@H]2C1. The smallest absolute Gasteiger partial charge is 0.0573 e. The number of fused-ring (bicyclic) bond motifs is 5. The molecule has 3 saturated carbocycles. The Morgan fingerprint density at radius 2 is 1.59 bits per heavy atom. The Bertz CT molecular complexity index is 357. The molecule has 1 unspecified atom stereocenters. The second kappa shape index (κ2) is 4.14. The fraction of sp³-hybridized carbons (Fsp3) is 0.882. The lowest BCUT2D eigenvalue weighted by molar-refractivity contribution is -0.0139. The van der Waals surface area contributed by atoms with Gasteiger partial charge in [0, 0.05) is 0 Å². The molecule has 4 aliphatic carbocycles. The monoisotopic (exact) mass is 231 g/mol. The third kappa shape index (κ3) is 1.63. The molecule has 0 aromatic rings. The minimum absolute atomic E-state index is 0.791. The standard InChI is InChI=1S/C17H26/c1-2-6-14-12(4-1)8-10-17-15-7-3-5-13(15)9-11-16(14)17/h3,5,12-17H,1-2,4,6-11H2/t12?,13-,14-,15+,16+,17-/m0/s1/i3D. The summed E-state index contributed by atoms with van der Waals surface area (Å²) in [5.41, 5.74) is 0. The molecule has 3 fully saturated rings. The average Bonchev–Trinajstić information content (AvgIpc) is 2.79. The fourth-order valence-corrected chi connectivity index (χ4v) is 5.84. The zero-order valence-electron chi connectivity index (χ0n) is 11.9. The molecule has 0 aromatic carbocycles. The summed E-state index contributed by atoms with van der Waals surface area (Å²) in [5.74, 6) is 5.86. The molecule has 0 saturated heterocycles. The summed E-state index contributed by atoms with van der Waals surface area (Å²) in [6.07, 6.45) is 15.4. The van der Waals surface area contributed by atoms with Crippen molar-refractivity contribution in [3.8, 4) is 0 Å². The molecule has 0 spiro atoms. The van der Waals surface area contributed by atoms with Gasteiger partial charge in [-0.1, -0.05) is 31.4 Å². The van der Waals surface area contributed by atoms with Gasteiger partial charge in [0.25, 0.3) is 0 Å². The molecule has 0 aromatic heterocycles. The van der Waals surface area contributed by atoms with E-state index in [2.05, 4.69) is 6.08 Å². The molecule has 0 radical (unpaired) electrons. The predicted octanol–water partition coefficient (Wildman–Crippen LogP) is 4.81. The van der Waals surface area contributed by atoms with Crippen LogP contribution in [0, 0.1) is 35.5 Å². The second-order valence-corrected chi connectivity index (χ2v) is 7.09. The van der Waals surface area contributed by atoms with Crippen molar-refractivity contribution in [1.82, 2.24) is 0 Å². The summed E-state index contributed by atoms with van der Waals surface area (Å²) >= 11 is 0. The quantitative estimate of drug-likeness (QED) is 0.525. The van der Waals surface area contributed by atoms with Crippen LogP contribution in [-0.4, -0.2) is 0 Å². The molecule has 0 nitrogen and oxygen atoms in total. The zero-order chi connectivity index (χ0) is 12.1.